The Morgan fingerprint density at radius 1 is 0.557 bits per heavy atom. The predicted octanol–water partition coefficient (Wildman–Crippen LogP) is -5.71. The molecule has 44 nitrogen and oxygen atoms in total. The molecule has 0 radical (unpaired) electrons. The number of aromatic amines is 2. The average Bonchev–Trinajstić information content (AvgIpc) is 1.19. The van der Waals surface area contributed by atoms with Crippen LogP contribution in [0.25, 0.3) is 21.8 Å². The molecule has 3 fully saturated rings. The van der Waals surface area contributed by atoms with Gasteiger partial charge in [-0.25, -0.2) is 0 Å². The lowest BCUT2D eigenvalue weighted by Crippen LogP contribution is -2.62. The molecular formula is C86H122N22O22S. The molecule has 3 aliphatic rings. The van der Waals surface area contributed by atoms with Crippen molar-refractivity contribution >= 4 is 140 Å². The number of nitrogens with one attached hydrogen (secondary N) is 14. The minimum Gasteiger partial charge on any atom is -0.508 e. The number of aromatic hydroxyl groups is 1. The van der Waals surface area contributed by atoms with Crippen LogP contribution in [0.15, 0.2) is 85.2 Å². The van der Waals surface area contributed by atoms with Crippen molar-refractivity contribution in [2.24, 2.45) is 23.1 Å². The molecule has 3 aromatic carbocycles. The first kappa shape index (κ1) is 103. The zero-order chi connectivity index (χ0) is 96.4. The highest BCUT2D eigenvalue weighted by Gasteiger charge is 2.47. The number of amides is 17. The lowest BCUT2D eigenvalue weighted by atomic mass is 10.0. The summed E-state index contributed by atoms with van der Waals surface area (Å²) in [5.74, 6) is -19.6. The van der Waals surface area contributed by atoms with Crippen molar-refractivity contribution in [1.29, 1.82) is 5.41 Å². The van der Waals surface area contributed by atoms with Crippen LogP contribution in [0.5, 0.6) is 5.75 Å². The monoisotopic (exact) mass is 1850 g/mol. The molecule has 3 saturated heterocycles. The number of benzene rings is 3. The van der Waals surface area contributed by atoms with Gasteiger partial charge in [-0.1, -0.05) is 82.1 Å². The highest BCUT2D eigenvalue weighted by Crippen LogP contribution is 2.28. The number of likely N-dealkylation sites (N-methyl/N-ethyl adjacent to an activating group) is 3. The van der Waals surface area contributed by atoms with Crippen molar-refractivity contribution < 1.29 is 107 Å². The fraction of sp³-hybridized carbons (Fsp3) is 0.535. The summed E-state index contributed by atoms with van der Waals surface area (Å²) < 4.78 is 0. The van der Waals surface area contributed by atoms with Gasteiger partial charge in [0.2, 0.25) is 100 Å². The molecule has 16 atom stereocenters. The number of aliphatic hydroxyl groups is 4. The van der Waals surface area contributed by atoms with E-state index in [0.717, 1.165) is 24.5 Å². The van der Waals surface area contributed by atoms with Crippen LogP contribution in [-0.2, 0) is 101 Å². The molecule has 131 heavy (non-hydrogen) atoms. The van der Waals surface area contributed by atoms with Gasteiger partial charge in [0.05, 0.1) is 38.1 Å². The molecule has 5 heterocycles. The second-order valence-corrected chi connectivity index (χ2v) is 34.4. The molecule has 25 N–H and O–H groups in total. The molecule has 8 rings (SSSR count). The van der Waals surface area contributed by atoms with Crippen LogP contribution >= 0.6 is 11.8 Å². The van der Waals surface area contributed by atoms with Gasteiger partial charge in [0.25, 0.3) is 0 Å². The molecule has 3 aliphatic heterocycles. The Kier molecular flexibility index (Phi) is 38.3. The summed E-state index contributed by atoms with van der Waals surface area (Å²) >= 11 is 0.690. The number of aliphatic hydroxyl groups excluding tert-OH is 4. The van der Waals surface area contributed by atoms with Gasteiger partial charge >= 0.3 is 0 Å². The molecule has 45 heteroatoms. The second-order valence-electron chi connectivity index (χ2n) is 33.4. The van der Waals surface area contributed by atoms with E-state index in [2.05, 4.69) is 68.5 Å². The van der Waals surface area contributed by atoms with E-state index in [0.29, 0.717) is 63.1 Å². The fourth-order valence-corrected chi connectivity index (χ4v) is 16.5. The lowest BCUT2D eigenvalue weighted by Gasteiger charge is -2.35. The maximum Gasteiger partial charge on any atom is 0.246 e. The van der Waals surface area contributed by atoms with Crippen molar-refractivity contribution in [3.63, 3.8) is 0 Å². The van der Waals surface area contributed by atoms with Gasteiger partial charge in [-0.05, 0) is 99.2 Å². The number of phenols is 1. The first-order valence-electron chi connectivity index (χ1n) is 43.2. The zero-order valence-electron chi connectivity index (χ0n) is 74.3. The number of hydrogen-bond donors (Lipinski definition) is 22. The SMILES string of the molecule is CCCC[C@H]1C(=O)N(C)[C@@H](C)C(=O)N[C@@H](CCCNC(=N)N)C(=O)NC(C(=O)N[C@@H](CO)C(N)=O)CSCC(=O)N[C@@H](Cc2ccc(O)cc2)C(=O)N(C)[C@@H](C)C(=O)N[C@@H](CC(N)=O)C(=O)N2CCC[C@H]2C(=O)N[C@@H](CO)C(=O)N[C@@H](CC(C)C)C(=O)N2C[C@H](O)C[C@H]2C(=O)N[C@@H](Cc2c[nH]c3ccccc23)C(=O)N[C@@H](CO)C(=O)N[C@@H](Cc2c[nH]c3ccccc23)C(=O)N1C. The Morgan fingerprint density at radius 2 is 1.06 bits per heavy atom. The number of nitrogens with two attached hydrogens (primary N) is 3. The number of primary amides is 2. The summed E-state index contributed by atoms with van der Waals surface area (Å²) in [6.07, 6.45) is -0.0165. The molecule has 17 amide bonds. The van der Waals surface area contributed by atoms with Crippen LogP contribution in [0.3, 0.4) is 0 Å². The Hall–Kier alpha value is -13.0. The van der Waals surface area contributed by atoms with E-state index in [-0.39, 0.29) is 76.6 Å². The topological polar surface area (TPSA) is 673 Å². The van der Waals surface area contributed by atoms with Crippen LogP contribution in [-0.4, -0.2) is 335 Å². The Labute approximate surface area is 759 Å². The van der Waals surface area contributed by atoms with E-state index in [4.69, 9.17) is 22.6 Å². The second kappa shape index (κ2) is 48.6. The summed E-state index contributed by atoms with van der Waals surface area (Å²) in [7, 11) is 3.74. The predicted molar refractivity (Wildman–Crippen MR) is 477 cm³/mol. The normalized spacial score (nSPS) is 25.4. The number of nitrogens with zero attached hydrogens (tertiary/aromatic N) is 5. The third-order valence-electron chi connectivity index (χ3n) is 23.3. The summed E-state index contributed by atoms with van der Waals surface area (Å²) in [5.41, 5.74) is 19.3. The summed E-state index contributed by atoms with van der Waals surface area (Å²) in [4.78, 5) is 259. The largest absolute Gasteiger partial charge is 0.508 e. The number of carbonyl (C=O) groups is 17. The molecule has 5 aromatic rings. The van der Waals surface area contributed by atoms with E-state index in [9.17, 15) is 78.3 Å². The minimum absolute atomic E-state index is 0.00952. The third-order valence-corrected chi connectivity index (χ3v) is 24.3. The fourth-order valence-electron chi connectivity index (χ4n) is 15.7. The number of aromatic nitrogens is 2. The van der Waals surface area contributed by atoms with Crippen LogP contribution in [0.1, 0.15) is 116 Å². The number of H-pyrrole nitrogens is 2. The number of guanidine groups is 1. The van der Waals surface area contributed by atoms with Gasteiger partial charge in [0.1, 0.15) is 96.4 Å². The van der Waals surface area contributed by atoms with Gasteiger partial charge < -0.3 is 136 Å². The highest BCUT2D eigenvalue weighted by molar-refractivity contribution is 8.00. The molecular weight excluding hydrogens is 1730 g/mol. The number of unbranched alkanes of at least 4 members (excludes halogenated alkanes) is 1. The van der Waals surface area contributed by atoms with Crippen molar-refractivity contribution in [3.8, 4) is 5.75 Å². The standard InChI is InChI=1S/C86H122N22O22S/c1-9-10-22-67-85(130)105(7)46(5)72(117)95-56(21-15-28-91-86(89)90)74(119)103-65(78(123)100-62(39-109)71(88)116)42-131-43-70(115)94-59(31-47-24-26-50(112)27-25-47)81(126)104(6)45(4)73(118)97-61(35-69(87)114)83(128)107-29-16-23-66(107)79(124)102-64(41-111)77(122)98-58(30-44(2)3)84(129)108-38-51(113)34-68(108)80(125)96-57(32-48-36-92-54-19-13-11-17-52(48)54)75(120)101-63(40-110)76(121)99-60(82(127)106(67)8)33-49-37-93-55-20-14-12-18-53(49)55/h11-14,17-20,24-27,36-37,44-46,51,56-68,92-93,109-113H,9-10,15-16,21-23,28-35,38-43H2,1-8H3,(H2,87,114)(H2,88,116)(H,94,115)(H,95,117)(H,96,125)(H,97,118)(H,98,122)(H,99,121)(H,100,123)(H,101,120)(H,102,124)(H,103,119)(H4,89,90,91)/t45-,46-,51+,56-,57-,58-,59-,60-,61-,62-,63-,64-,65?,66-,67-,68-/m0/s1. The number of phenolic OH excluding ortho intramolecular Hbond substituents is 1. The summed E-state index contributed by atoms with van der Waals surface area (Å²) in [6, 6.07) is -5.14. The molecule has 0 spiro atoms. The Morgan fingerprint density at radius 3 is 1.63 bits per heavy atom. The number of rotatable bonds is 23. The Bertz CT molecular complexity index is 4960. The van der Waals surface area contributed by atoms with Crippen LogP contribution in [0.4, 0.5) is 0 Å². The lowest BCUT2D eigenvalue weighted by molar-refractivity contribution is -0.149. The summed E-state index contributed by atoms with van der Waals surface area (Å²) in [6.45, 7) is 3.82. The molecule has 1 unspecified atom stereocenters. The number of hydrogen-bond acceptors (Lipinski definition) is 24. The molecule has 2 aromatic heterocycles. The first-order chi connectivity index (χ1) is 62.2. The zero-order valence-corrected chi connectivity index (χ0v) is 75.1. The van der Waals surface area contributed by atoms with E-state index >= 15 is 28.8 Å². The van der Waals surface area contributed by atoms with Gasteiger partial charge in [0, 0.05) is 106 Å². The molecule has 714 valence electrons. The minimum atomic E-state index is -1.91. The van der Waals surface area contributed by atoms with Crippen molar-refractivity contribution in [2.75, 3.05) is 72.1 Å². The van der Waals surface area contributed by atoms with E-state index in [1.54, 1.807) is 74.8 Å². The van der Waals surface area contributed by atoms with Crippen LogP contribution in [0.2, 0.25) is 0 Å². The first-order valence-corrected chi connectivity index (χ1v) is 44.4. The van der Waals surface area contributed by atoms with Gasteiger partial charge in [-0.2, -0.15) is 0 Å². The maximum absolute atomic E-state index is 15.6. The highest BCUT2D eigenvalue weighted by atomic mass is 32.2. The van der Waals surface area contributed by atoms with Gasteiger partial charge in [0.15, 0.2) is 5.96 Å². The third kappa shape index (κ3) is 28.3. The Balaban J connectivity index is 1.18. The number of carbonyl (C=O) groups excluding carboxylic acids is 17. The van der Waals surface area contributed by atoms with Gasteiger partial charge in [-0.3, -0.25) is 86.9 Å². The molecule has 0 aliphatic carbocycles. The van der Waals surface area contributed by atoms with Gasteiger partial charge in [-0.15, -0.1) is 11.8 Å². The van der Waals surface area contributed by atoms with Crippen molar-refractivity contribution in [2.45, 2.75) is 215 Å². The van der Waals surface area contributed by atoms with E-state index < -0.39 is 260 Å². The average molecular weight is 1850 g/mol. The number of para-hydroxylation sites is 2. The maximum atomic E-state index is 15.6. The number of fused-ring (bicyclic) bond motifs is 4. The van der Waals surface area contributed by atoms with Crippen molar-refractivity contribution in [1.82, 2.24) is 93.0 Å². The van der Waals surface area contributed by atoms with Crippen LogP contribution < -0.4 is 75.7 Å². The van der Waals surface area contributed by atoms with Crippen molar-refractivity contribution in [3.05, 3.63) is 102 Å². The number of thioether (sulfide) groups is 1. The van der Waals surface area contributed by atoms with E-state index in [1.807, 2.05) is 6.92 Å². The quantitative estimate of drug-likeness (QED) is 0.0165. The molecule has 0 saturated carbocycles. The smallest absolute Gasteiger partial charge is 0.246 e. The van der Waals surface area contributed by atoms with Crippen LogP contribution in [0, 0.1) is 11.3 Å². The molecule has 0 bridgehead atoms. The summed E-state index contributed by atoms with van der Waals surface area (Å²) in [5, 5.41) is 90.5. The van der Waals surface area contributed by atoms with E-state index in [1.165, 1.54) is 59.3 Å².